The van der Waals surface area contributed by atoms with Crippen LogP contribution in [0.15, 0.2) is 54.1 Å². The van der Waals surface area contributed by atoms with Crippen LogP contribution in [-0.2, 0) is 11.3 Å². The zero-order valence-electron chi connectivity index (χ0n) is 14.4. The maximum absolute atomic E-state index is 12.2. The number of benzene rings is 2. The lowest BCUT2D eigenvalue weighted by atomic mass is 10.1. The number of nitriles is 1. The minimum Gasteiger partial charge on any atom is -0.493 e. The third-order valence-electron chi connectivity index (χ3n) is 3.47. The molecule has 0 unspecified atom stereocenters. The predicted octanol–water partition coefficient (Wildman–Crippen LogP) is 2.93. The van der Waals surface area contributed by atoms with Gasteiger partial charge < -0.3 is 14.8 Å². The third kappa shape index (κ3) is 5.15. The first-order valence-corrected chi connectivity index (χ1v) is 7.86. The fourth-order valence-corrected chi connectivity index (χ4v) is 2.20. The summed E-state index contributed by atoms with van der Waals surface area (Å²) in [6.45, 7) is 0.470. The van der Waals surface area contributed by atoms with Crippen molar-refractivity contribution in [2.45, 2.75) is 6.54 Å². The van der Waals surface area contributed by atoms with E-state index >= 15 is 0 Å². The Morgan fingerprint density at radius 1 is 1.23 bits per heavy atom. The van der Waals surface area contributed by atoms with E-state index in [1.165, 1.54) is 13.2 Å². The van der Waals surface area contributed by atoms with E-state index in [0.717, 1.165) is 5.56 Å². The Morgan fingerprint density at radius 3 is 2.65 bits per heavy atom. The zero-order chi connectivity index (χ0) is 18.8. The molecule has 0 saturated heterocycles. The van der Waals surface area contributed by atoms with Crippen LogP contribution in [-0.4, -0.2) is 19.6 Å². The van der Waals surface area contributed by atoms with E-state index in [4.69, 9.17) is 15.9 Å². The lowest BCUT2D eigenvalue weighted by molar-refractivity contribution is -0.117. The van der Waals surface area contributed by atoms with Gasteiger partial charge in [-0.25, -0.2) is 0 Å². The standard InChI is InChI=1S/C21H18N2O3/c1-3-11-26-19-10-9-17(13-20(19)25-2)12-18(14-22)21(24)23-15-16-7-5-4-6-8-16/h1,4-10,12-13H,11,15H2,2H3,(H,23,24)/b18-12-. The summed E-state index contributed by atoms with van der Waals surface area (Å²) >= 11 is 0. The summed E-state index contributed by atoms with van der Waals surface area (Å²) in [5, 5.41) is 12.0. The van der Waals surface area contributed by atoms with Crippen molar-refractivity contribution in [2.24, 2.45) is 0 Å². The first-order chi connectivity index (χ1) is 12.7. The van der Waals surface area contributed by atoms with E-state index < -0.39 is 5.91 Å². The predicted molar refractivity (Wildman–Crippen MR) is 99.2 cm³/mol. The second kappa shape index (κ2) is 9.56. The Hall–Kier alpha value is -3.70. The van der Waals surface area contributed by atoms with Crippen molar-refractivity contribution >= 4 is 12.0 Å². The molecule has 5 nitrogen and oxygen atoms in total. The largest absolute Gasteiger partial charge is 0.493 e. The maximum Gasteiger partial charge on any atom is 0.262 e. The van der Waals surface area contributed by atoms with Crippen LogP contribution >= 0.6 is 0 Å². The molecule has 2 rings (SSSR count). The van der Waals surface area contributed by atoms with Crippen molar-refractivity contribution in [1.82, 2.24) is 5.32 Å². The minimum absolute atomic E-state index is 0.000257. The van der Waals surface area contributed by atoms with Gasteiger partial charge in [0.05, 0.1) is 7.11 Å². The second-order valence-electron chi connectivity index (χ2n) is 5.24. The highest BCUT2D eigenvalue weighted by Gasteiger charge is 2.10. The van der Waals surface area contributed by atoms with Gasteiger partial charge in [-0.05, 0) is 29.3 Å². The smallest absolute Gasteiger partial charge is 0.262 e. The molecule has 0 aliphatic carbocycles. The van der Waals surface area contributed by atoms with Crippen LogP contribution in [0.25, 0.3) is 6.08 Å². The number of nitrogens with zero attached hydrogens (tertiary/aromatic N) is 1. The first kappa shape index (κ1) is 18.6. The fraction of sp³-hybridized carbons (Fsp3) is 0.143. The molecule has 0 aliphatic heterocycles. The topological polar surface area (TPSA) is 71.3 Å². The number of carbonyl (C=O) groups excluding carboxylic acids is 1. The average molecular weight is 346 g/mol. The summed E-state index contributed by atoms with van der Waals surface area (Å²) in [4.78, 5) is 12.2. The van der Waals surface area contributed by atoms with Crippen LogP contribution in [0.4, 0.5) is 0 Å². The summed E-state index contributed by atoms with van der Waals surface area (Å²) in [5.74, 6) is 2.90. The van der Waals surface area contributed by atoms with Gasteiger partial charge >= 0.3 is 0 Å². The summed E-state index contributed by atoms with van der Waals surface area (Å²) < 4.78 is 10.6. The van der Waals surface area contributed by atoms with Crippen LogP contribution in [0.5, 0.6) is 11.5 Å². The quantitative estimate of drug-likeness (QED) is 0.475. The summed E-state index contributed by atoms with van der Waals surface area (Å²) in [6.07, 6.45) is 6.67. The number of hydrogen-bond acceptors (Lipinski definition) is 4. The van der Waals surface area contributed by atoms with Crippen molar-refractivity contribution < 1.29 is 14.3 Å². The molecule has 5 heteroatoms. The SMILES string of the molecule is C#CCOc1ccc(/C=C(/C#N)C(=O)NCc2ccccc2)cc1OC. The third-order valence-corrected chi connectivity index (χ3v) is 3.47. The first-order valence-electron chi connectivity index (χ1n) is 7.86. The van der Waals surface area contributed by atoms with Gasteiger partial charge in [0.15, 0.2) is 11.5 Å². The Kier molecular flexibility index (Phi) is 6.85. The number of methoxy groups -OCH3 is 1. The summed E-state index contributed by atoms with van der Waals surface area (Å²) in [5.41, 5.74) is 1.59. The van der Waals surface area contributed by atoms with Crippen LogP contribution < -0.4 is 14.8 Å². The van der Waals surface area contributed by atoms with Crippen LogP contribution in [0, 0.1) is 23.7 Å². The van der Waals surface area contributed by atoms with Gasteiger partial charge in [0.1, 0.15) is 18.2 Å². The molecular formula is C21H18N2O3. The highest BCUT2D eigenvalue weighted by molar-refractivity contribution is 6.01. The van der Waals surface area contributed by atoms with E-state index in [1.54, 1.807) is 18.2 Å². The molecule has 0 spiro atoms. The number of hydrogen-bond donors (Lipinski definition) is 1. The highest BCUT2D eigenvalue weighted by atomic mass is 16.5. The molecule has 0 radical (unpaired) electrons. The average Bonchev–Trinajstić information content (AvgIpc) is 2.69. The molecule has 0 atom stereocenters. The van der Waals surface area contributed by atoms with Crippen molar-refractivity contribution in [3.05, 3.63) is 65.2 Å². The van der Waals surface area contributed by atoms with E-state index in [2.05, 4.69) is 11.2 Å². The van der Waals surface area contributed by atoms with Crippen molar-refractivity contribution in [1.29, 1.82) is 5.26 Å². The molecule has 2 aromatic carbocycles. The van der Waals surface area contributed by atoms with E-state index in [0.29, 0.717) is 23.6 Å². The lowest BCUT2D eigenvalue weighted by Crippen LogP contribution is -2.23. The number of carbonyl (C=O) groups is 1. The van der Waals surface area contributed by atoms with Crippen LogP contribution in [0.2, 0.25) is 0 Å². The minimum atomic E-state index is -0.442. The van der Waals surface area contributed by atoms with Crippen molar-refractivity contribution in [2.75, 3.05) is 13.7 Å². The van der Waals surface area contributed by atoms with Gasteiger partial charge in [-0.15, -0.1) is 6.42 Å². The maximum atomic E-state index is 12.2. The Labute approximate surface area is 152 Å². The molecule has 0 heterocycles. The van der Waals surface area contributed by atoms with Gasteiger partial charge in [-0.1, -0.05) is 42.3 Å². The van der Waals surface area contributed by atoms with Crippen molar-refractivity contribution in [3.8, 4) is 29.9 Å². The molecular weight excluding hydrogens is 328 g/mol. The Bertz CT molecular complexity index is 874. The normalized spacial score (nSPS) is 10.3. The molecule has 0 saturated carbocycles. The lowest BCUT2D eigenvalue weighted by Gasteiger charge is -2.09. The van der Waals surface area contributed by atoms with Gasteiger partial charge in [0.25, 0.3) is 5.91 Å². The van der Waals surface area contributed by atoms with Crippen LogP contribution in [0.3, 0.4) is 0 Å². The highest BCUT2D eigenvalue weighted by Crippen LogP contribution is 2.28. The number of terminal acetylenes is 1. The summed E-state index contributed by atoms with van der Waals surface area (Å²) in [6, 6.07) is 16.5. The monoisotopic (exact) mass is 346 g/mol. The fourth-order valence-electron chi connectivity index (χ4n) is 2.20. The van der Waals surface area contributed by atoms with E-state index in [1.807, 2.05) is 36.4 Å². The second-order valence-corrected chi connectivity index (χ2v) is 5.24. The molecule has 0 aromatic heterocycles. The molecule has 0 fully saturated rings. The van der Waals surface area contributed by atoms with Gasteiger partial charge in [0.2, 0.25) is 0 Å². The molecule has 26 heavy (non-hydrogen) atoms. The molecule has 1 amide bonds. The molecule has 130 valence electrons. The summed E-state index contributed by atoms with van der Waals surface area (Å²) in [7, 11) is 1.50. The van der Waals surface area contributed by atoms with Gasteiger partial charge in [-0.2, -0.15) is 5.26 Å². The Balaban J connectivity index is 2.13. The van der Waals surface area contributed by atoms with Crippen molar-refractivity contribution in [3.63, 3.8) is 0 Å². The molecule has 0 bridgehead atoms. The Morgan fingerprint density at radius 2 is 2.00 bits per heavy atom. The van der Waals surface area contributed by atoms with Crippen LogP contribution in [0.1, 0.15) is 11.1 Å². The zero-order valence-corrected chi connectivity index (χ0v) is 14.4. The number of nitrogens with one attached hydrogen (secondary N) is 1. The van der Waals surface area contributed by atoms with Gasteiger partial charge in [0, 0.05) is 6.54 Å². The molecule has 2 aromatic rings. The number of amides is 1. The van der Waals surface area contributed by atoms with E-state index in [-0.39, 0.29) is 12.2 Å². The molecule has 1 N–H and O–H groups in total. The number of ether oxygens (including phenoxy) is 2. The number of rotatable bonds is 7. The van der Waals surface area contributed by atoms with Gasteiger partial charge in [-0.3, -0.25) is 4.79 Å². The van der Waals surface area contributed by atoms with E-state index in [9.17, 15) is 10.1 Å². The molecule has 0 aliphatic rings.